The van der Waals surface area contributed by atoms with E-state index in [-0.39, 0.29) is 16.3 Å². The van der Waals surface area contributed by atoms with Crippen LogP contribution in [0.1, 0.15) is 47.2 Å². The third kappa shape index (κ3) is 1.52. The number of benzene rings is 1. The first-order chi connectivity index (χ1) is 8.02. The minimum Gasteiger partial charge on any atom is -0.507 e. The Kier molecular flexibility index (Phi) is 2.31. The summed E-state index contributed by atoms with van der Waals surface area (Å²) in [4.78, 5) is 13.3. The van der Waals surface area contributed by atoms with Gasteiger partial charge in [0.15, 0.2) is 5.78 Å². The Morgan fingerprint density at radius 1 is 1.35 bits per heavy atom. The average molecular weight is 248 g/mol. The first-order valence-electron chi connectivity index (χ1n) is 6.08. The maximum absolute atomic E-state index is 12.3. The van der Waals surface area contributed by atoms with Crippen molar-refractivity contribution >= 4 is 17.5 Å². The molecule has 0 amide bonds. The van der Waals surface area contributed by atoms with Gasteiger partial charge in [-0.3, -0.25) is 4.79 Å². The van der Waals surface area contributed by atoms with Gasteiger partial charge in [-0.25, -0.2) is 0 Å². The summed E-state index contributed by atoms with van der Waals surface area (Å²) in [5.74, 6) is 0.494. The standard InChI is InChI=1S/C14H16O2S/c1-8-6-11-12(9(2)13(8)16)10(15)7-14(17-11)4-3-5-14/h6,16H,3-5,7H2,1-2H3. The zero-order valence-electron chi connectivity index (χ0n) is 10.2. The second kappa shape index (κ2) is 3.52. The summed E-state index contributed by atoms with van der Waals surface area (Å²) in [5, 5.41) is 9.92. The molecule has 1 aromatic carbocycles. The molecule has 1 spiro atoms. The lowest BCUT2D eigenvalue weighted by Crippen LogP contribution is -2.38. The van der Waals surface area contributed by atoms with Crippen LogP contribution in [0.5, 0.6) is 5.75 Å². The van der Waals surface area contributed by atoms with Crippen molar-refractivity contribution in [3.05, 3.63) is 22.8 Å². The van der Waals surface area contributed by atoms with Crippen LogP contribution in [0, 0.1) is 13.8 Å². The monoisotopic (exact) mass is 248 g/mol. The highest BCUT2D eigenvalue weighted by atomic mass is 32.2. The molecule has 1 aliphatic carbocycles. The van der Waals surface area contributed by atoms with Crippen molar-refractivity contribution in [1.82, 2.24) is 0 Å². The lowest BCUT2D eigenvalue weighted by atomic mass is 9.78. The quantitative estimate of drug-likeness (QED) is 0.762. The highest BCUT2D eigenvalue weighted by molar-refractivity contribution is 8.01. The van der Waals surface area contributed by atoms with Crippen LogP contribution in [0.3, 0.4) is 0 Å². The van der Waals surface area contributed by atoms with E-state index in [0.29, 0.717) is 6.42 Å². The van der Waals surface area contributed by atoms with Crippen LogP contribution in [-0.2, 0) is 0 Å². The van der Waals surface area contributed by atoms with Crippen molar-refractivity contribution in [3.63, 3.8) is 0 Å². The number of phenolic OH excluding ortho intramolecular Hbond substituents is 1. The van der Waals surface area contributed by atoms with Gasteiger partial charge in [0.2, 0.25) is 0 Å². The van der Waals surface area contributed by atoms with E-state index in [9.17, 15) is 9.90 Å². The number of aryl methyl sites for hydroxylation is 1. The smallest absolute Gasteiger partial charge is 0.165 e. The Bertz CT molecular complexity index is 515. The zero-order valence-corrected chi connectivity index (χ0v) is 11.0. The molecule has 0 atom stereocenters. The number of ketones is 1. The fourth-order valence-electron chi connectivity index (χ4n) is 2.86. The molecule has 0 saturated heterocycles. The predicted molar refractivity (Wildman–Crippen MR) is 69.0 cm³/mol. The SMILES string of the molecule is Cc1cc2c(c(C)c1O)C(=O)CC1(CCC1)S2. The molecule has 2 nitrogen and oxygen atoms in total. The van der Waals surface area contributed by atoms with Gasteiger partial charge >= 0.3 is 0 Å². The summed E-state index contributed by atoms with van der Waals surface area (Å²) in [5.41, 5.74) is 2.39. The molecule has 1 aromatic rings. The highest BCUT2D eigenvalue weighted by Crippen LogP contribution is 2.55. The summed E-state index contributed by atoms with van der Waals surface area (Å²) in [7, 11) is 0. The van der Waals surface area contributed by atoms with Gasteiger partial charge in [-0.05, 0) is 38.3 Å². The summed E-state index contributed by atoms with van der Waals surface area (Å²) in [6.07, 6.45) is 4.20. The number of thioether (sulfide) groups is 1. The van der Waals surface area contributed by atoms with Gasteiger partial charge in [0.1, 0.15) is 5.75 Å². The van der Waals surface area contributed by atoms with Crippen molar-refractivity contribution in [3.8, 4) is 5.75 Å². The number of aromatic hydroxyl groups is 1. The highest BCUT2D eigenvalue weighted by Gasteiger charge is 2.44. The van der Waals surface area contributed by atoms with Gasteiger partial charge in [-0.1, -0.05) is 6.42 Å². The van der Waals surface area contributed by atoms with Crippen LogP contribution in [0.2, 0.25) is 0 Å². The van der Waals surface area contributed by atoms with E-state index in [1.165, 1.54) is 6.42 Å². The van der Waals surface area contributed by atoms with Gasteiger partial charge in [-0.15, -0.1) is 11.8 Å². The molecule has 1 fully saturated rings. The normalized spacial score (nSPS) is 21.2. The summed E-state index contributed by atoms with van der Waals surface area (Å²) >= 11 is 1.85. The largest absolute Gasteiger partial charge is 0.507 e. The fraction of sp³-hybridized carbons (Fsp3) is 0.500. The minimum atomic E-state index is 0.180. The number of carbonyl (C=O) groups excluding carboxylic acids is 1. The molecule has 0 unspecified atom stereocenters. The van der Waals surface area contributed by atoms with Crippen LogP contribution in [0.4, 0.5) is 0 Å². The summed E-state index contributed by atoms with van der Waals surface area (Å²) < 4.78 is 0.180. The van der Waals surface area contributed by atoms with Gasteiger partial charge < -0.3 is 5.11 Å². The average Bonchev–Trinajstić information content (AvgIpc) is 2.23. The summed E-state index contributed by atoms with van der Waals surface area (Å²) in [6.45, 7) is 3.74. The second-order valence-corrected chi connectivity index (χ2v) is 6.79. The Labute approximate surface area is 105 Å². The van der Waals surface area contributed by atoms with Crippen molar-refractivity contribution in [1.29, 1.82) is 0 Å². The van der Waals surface area contributed by atoms with Crippen molar-refractivity contribution in [2.45, 2.75) is 49.2 Å². The van der Waals surface area contributed by atoms with Crippen molar-refractivity contribution < 1.29 is 9.90 Å². The first-order valence-corrected chi connectivity index (χ1v) is 6.89. The molecule has 1 saturated carbocycles. The molecular formula is C14H16O2S. The number of rotatable bonds is 0. The van der Waals surface area contributed by atoms with E-state index in [1.54, 1.807) is 0 Å². The first kappa shape index (κ1) is 11.1. The van der Waals surface area contributed by atoms with E-state index in [4.69, 9.17) is 0 Å². The van der Waals surface area contributed by atoms with Crippen molar-refractivity contribution in [2.75, 3.05) is 0 Å². The molecule has 90 valence electrons. The second-order valence-electron chi connectivity index (χ2n) is 5.28. The molecule has 17 heavy (non-hydrogen) atoms. The maximum Gasteiger partial charge on any atom is 0.165 e. The van der Waals surface area contributed by atoms with Crippen molar-refractivity contribution in [2.24, 2.45) is 0 Å². The molecule has 1 heterocycles. The van der Waals surface area contributed by atoms with Gasteiger partial charge in [0, 0.05) is 27.2 Å². The Morgan fingerprint density at radius 3 is 2.65 bits per heavy atom. The topological polar surface area (TPSA) is 37.3 Å². The Hall–Kier alpha value is -0.960. The van der Waals surface area contributed by atoms with E-state index < -0.39 is 0 Å². The van der Waals surface area contributed by atoms with Crippen LogP contribution in [-0.4, -0.2) is 15.6 Å². The fourth-order valence-corrected chi connectivity index (χ4v) is 4.63. The third-order valence-corrected chi connectivity index (χ3v) is 5.58. The Morgan fingerprint density at radius 2 is 2.06 bits per heavy atom. The summed E-state index contributed by atoms with van der Waals surface area (Å²) in [6, 6.07) is 1.97. The predicted octanol–water partition coefficient (Wildman–Crippen LogP) is 3.61. The number of hydrogen-bond donors (Lipinski definition) is 1. The number of Topliss-reactive ketones (excluding diaryl/α,β-unsaturated/α-hetero) is 1. The maximum atomic E-state index is 12.3. The zero-order chi connectivity index (χ0) is 12.2. The molecule has 0 radical (unpaired) electrons. The number of hydrogen-bond acceptors (Lipinski definition) is 3. The van der Waals surface area contributed by atoms with Crippen LogP contribution >= 0.6 is 11.8 Å². The Balaban J connectivity index is 2.15. The molecule has 3 rings (SSSR count). The molecule has 0 bridgehead atoms. The molecule has 0 aromatic heterocycles. The lowest BCUT2D eigenvalue weighted by molar-refractivity contribution is 0.0942. The van der Waals surface area contributed by atoms with E-state index >= 15 is 0 Å². The van der Waals surface area contributed by atoms with Crippen LogP contribution < -0.4 is 0 Å². The van der Waals surface area contributed by atoms with Crippen LogP contribution in [0.25, 0.3) is 0 Å². The number of carbonyl (C=O) groups is 1. The molecular weight excluding hydrogens is 232 g/mol. The van der Waals surface area contributed by atoms with E-state index in [1.807, 2.05) is 31.7 Å². The third-order valence-electron chi connectivity index (χ3n) is 4.05. The van der Waals surface area contributed by atoms with Gasteiger partial charge in [0.25, 0.3) is 0 Å². The number of fused-ring (bicyclic) bond motifs is 1. The van der Waals surface area contributed by atoms with Crippen LogP contribution in [0.15, 0.2) is 11.0 Å². The molecule has 1 N–H and O–H groups in total. The van der Waals surface area contributed by atoms with E-state index in [0.717, 1.165) is 34.4 Å². The molecule has 1 aliphatic heterocycles. The molecule has 2 aliphatic rings. The lowest BCUT2D eigenvalue weighted by Gasteiger charge is -2.44. The van der Waals surface area contributed by atoms with Gasteiger partial charge in [0.05, 0.1) is 0 Å². The molecule has 3 heteroatoms. The number of phenols is 1. The van der Waals surface area contributed by atoms with Gasteiger partial charge in [-0.2, -0.15) is 0 Å². The van der Waals surface area contributed by atoms with E-state index in [2.05, 4.69) is 0 Å². The minimum absolute atomic E-state index is 0.180.